The maximum atomic E-state index is 5.93. The van der Waals surface area contributed by atoms with Crippen LogP contribution in [0.25, 0.3) is 0 Å². The van der Waals surface area contributed by atoms with Crippen LogP contribution in [-0.4, -0.2) is 15.7 Å². The first-order chi connectivity index (χ1) is 11.3. The third kappa shape index (κ3) is 4.44. The van der Waals surface area contributed by atoms with Crippen molar-refractivity contribution in [1.29, 1.82) is 0 Å². The van der Waals surface area contributed by atoms with Crippen molar-refractivity contribution in [1.82, 2.24) is 9.78 Å². The highest BCUT2D eigenvalue weighted by Crippen LogP contribution is 2.09. The van der Waals surface area contributed by atoms with Gasteiger partial charge in [0.05, 0.1) is 13.1 Å². The number of rotatable bonds is 5. The zero-order valence-corrected chi connectivity index (χ0v) is 12.8. The van der Waals surface area contributed by atoms with Gasteiger partial charge < -0.3 is 11.1 Å². The van der Waals surface area contributed by atoms with Gasteiger partial charge in [-0.05, 0) is 29.3 Å². The molecule has 3 N–H and O–H groups in total. The molecule has 0 aliphatic carbocycles. The zero-order valence-electron chi connectivity index (χ0n) is 12.8. The molecule has 0 amide bonds. The lowest BCUT2D eigenvalue weighted by Gasteiger charge is -2.06. The van der Waals surface area contributed by atoms with Gasteiger partial charge in [0.1, 0.15) is 0 Å². The number of aliphatic imine (C=N–C) groups is 1. The Kier molecular flexibility index (Phi) is 4.69. The molecule has 1 aromatic heterocycles. The van der Waals surface area contributed by atoms with Crippen LogP contribution in [-0.2, 0) is 13.1 Å². The average molecular weight is 305 g/mol. The van der Waals surface area contributed by atoms with Crippen LogP contribution in [0.1, 0.15) is 11.1 Å². The summed E-state index contributed by atoms with van der Waals surface area (Å²) in [5, 5.41) is 7.30. The molecule has 0 aliphatic heterocycles. The number of aromatic nitrogens is 2. The van der Waals surface area contributed by atoms with Crippen molar-refractivity contribution in [2.75, 3.05) is 5.32 Å². The first-order valence-corrected chi connectivity index (χ1v) is 7.47. The summed E-state index contributed by atoms with van der Waals surface area (Å²) in [6.07, 6.45) is 3.73. The van der Waals surface area contributed by atoms with E-state index in [1.54, 1.807) is 6.20 Å². The first kappa shape index (κ1) is 14.8. The summed E-state index contributed by atoms with van der Waals surface area (Å²) < 4.78 is 1.90. The second-order valence-electron chi connectivity index (χ2n) is 5.22. The Balaban J connectivity index is 1.62. The van der Waals surface area contributed by atoms with E-state index in [4.69, 9.17) is 5.73 Å². The molecule has 0 spiro atoms. The van der Waals surface area contributed by atoms with Gasteiger partial charge in [0.15, 0.2) is 5.96 Å². The predicted octanol–water partition coefficient (Wildman–Crippen LogP) is 2.86. The number of nitrogens with one attached hydrogen (secondary N) is 1. The Bertz CT molecular complexity index is 763. The fourth-order valence-electron chi connectivity index (χ4n) is 2.29. The van der Waals surface area contributed by atoms with Gasteiger partial charge in [0.25, 0.3) is 0 Å². The van der Waals surface area contributed by atoms with E-state index in [9.17, 15) is 0 Å². The summed E-state index contributed by atoms with van der Waals surface area (Å²) in [6, 6.07) is 20.0. The molecule has 0 aliphatic rings. The number of anilines is 1. The molecular formula is C18H19N5. The Labute approximate surface area is 135 Å². The monoisotopic (exact) mass is 305 g/mol. The van der Waals surface area contributed by atoms with E-state index in [1.807, 2.05) is 59.4 Å². The van der Waals surface area contributed by atoms with Gasteiger partial charge in [-0.25, -0.2) is 4.99 Å². The zero-order chi connectivity index (χ0) is 15.9. The normalized spacial score (nSPS) is 11.4. The molecule has 23 heavy (non-hydrogen) atoms. The fourth-order valence-corrected chi connectivity index (χ4v) is 2.29. The van der Waals surface area contributed by atoms with E-state index >= 15 is 0 Å². The number of nitrogens with zero attached hydrogens (tertiary/aromatic N) is 3. The fraction of sp³-hybridized carbons (Fsp3) is 0.111. The van der Waals surface area contributed by atoms with Crippen molar-refractivity contribution < 1.29 is 0 Å². The summed E-state index contributed by atoms with van der Waals surface area (Å²) in [5.41, 5.74) is 9.17. The van der Waals surface area contributed by atoms with E-state index in [2.05, 4.69) is 27.5 Å². The minimum atomic E-state index is 0.411. The summed E-state index contributed by atoms with van der Waals surface area (Å²) in [4.78, 5) is 4.39. The maximum absolute atomic E-state index is 5.93. The Morgan fingerprint density at radius 1 is 1.04 bits per heavy atom. The number of hydrogen-bond donors (Lipinski definition) is 2. The third-order valence-electron chi connectivity index (χ3n) is 3.37. The summed E-state index contributed by atoms with van der Waals surface area (Å²) in [5.74, 6) is 0.411. The van der Waals surface area contributed by atoms with Crippen molar-refractivity contribution >= 4 is 11.6 Å². The molecule has 0 bridgehead atoms. The SMILES string of the molecule is NC(=NCc1cccc(Cn2cccn2)c1)Nc1ccccc1. The predicted molar refractivity (Wildman–Crippen MR) is 93.2 cm³/mol. The highest BCUT2D eigenvalue weighted by molar-refractivity contribution is 5.92. The van der Waals surface area contributed by atoms with Crippen LogP contribution >= 0.6 is 0 Å². The first-order valence-electron chi connectivity index (χ1n) is 7.47. The van der Waals surface area contributed by atoms with Crippen molar-refractivity contribution in [2.45, 2.75) is 13.1 Å². The molecule has 5 heteroatoms. The van der Waals surface area contributed by atoms with Gasteiger partial charge >= 0.3 is 0 Å². The van der Waals surface area contributed by atoms with E-state index in [1.165, 1.54) is 5.56 Å². The van der Waals surface area contributed by atoms with E-state index in [0.29, 0.717) is 12.5 Å². The van der Waals surface area contributed by atoms with Crippen LogP contribution in [0.15, 0.2) is 78.0 Å². The molecule has 3 aromatic rings. The summed E-state index contributed by atoms with van der Waals surface area (Å²) >= 11 is 0. The smallest absolute Gasteiger partial charge is 0.193 e. The number of benzene rings is 2. The molecule has 0 saturated heterocycles. The van der Waals surface area contributed by atoms with Crippen molar-refractivity contribution in [2.24, 2.45) is 10.7 Å². The van der Waals surface area contributed by atoms with E-state index in [0.717, 1.165) is 17.8 Å². The van der Waals surface area contributed by atoms with Crippen molar-refractivity contribution in [3.63, 3.8) is 0 Å². The highest BCUT2D eigenvalue weighted by Gasteiger charge is 1.99. The maximum Gasteiger partial charge on any atom is 0.193 e. The Morgan fingerprint density at radius 3 is 2.65 bits per heavy atom. The van der Waals surface area contributed by atoms with Gasteiger partial charge in [-0.15, -0.1) is 0 Å². The average Bonchev–Trinajstić information content (AvgIpc) is 3.07. The lowest BCUT2D eigenvalue weighted by atomic mass is 10.1. The van der Waals surface area contributed by atoms with E-state index < -0.39 is 0 Å². The molecule has 0 unspecified atom stereocenters. The van der Waals surface area contributed by atoms with Crippen LogP contribution in [0.2, 0.25) is 0 Å². The van der Waals surface area contributed by atoms with Gasteiger partial charge in [-0.3, -0.25) is 4.68 Å². The molecule has 116 valence electrons. The Morgan fingerprint density at radius 2 is 1.87 bits per heavy atom. The van der Waals surface area contributed by atoms with Gasteiger partial charge in [0.2, 0.25) is 0 Å². The summed E-state index contributed by atoms with van der Waals surface area (Å²) in [7, 11) is 0. The Hall–Kier alpha value is -3.08. The van der Waals surface area contributed by atoms with Crippen molar-refractivity contribution in [3.05, 3.63) is 84.2 Å². The summed E-state index contributed by atoms with van der Waals surface area (Å²) in [6.45, 7) is 1.29. The molecule has 2 aromatic carbocycles. The minimum Gasteiger partial charge on any atom is -0.370 e. The quantitative estimate of drug-likeness (QED) is 0.562. The second-order valence-corrected chi connectivity index (χ2v) is 5.22. The second kappa shape index (κ2) is 7.26. The van der Waals surface area contributed by atoms with E-state index in [-0.39, 0.29) is 0 Å². The lowest BCUT2D eigenvalue weighted by molar-refractivity contribution is 0.686. The molecule has 0 atom stereocenters. The number of hydrogen-bond acceptors (Lipinski definition) is 2. The van der Waals surface area contributed by atoms with Gasteiger partial charge in [-0.2, -0.15) is 5.10 Å². The number of para-hydroxylation sites is 1. The highest BCUT2D eigenvalue weighted by atomic mass is 15.3. The van der Waals surface area contributed by atoms with Crippen LogP contribution in [0.4, 0.5) is 5.69 Å². The molecule has 0 fully saturated rings. The van der Waals surface area contributed by atoms with Crippen molar-refractivity contribution in [3.8, 4) is 0 Å². The third-order valence-corrected chi connectivity index (χ3v) is 3.37. The standard InChI is InChI=1S/C18H19N5/c19-18(22-17-8-2-1-3-9-17)20-13-15-6-4-7-16(12-15)14-23-11-5-10-21-23/h1-12H,13-14H2,(H3,19,20,22). The number of nitrogens with two attached hydrogens (primary N) is 1. The topological polar surface area (TPSA) is 68.2 Å². The molecule has 3 rings (SSSR count). The number of guanidine groups is 1. The molecule has 1 heterocycles. The van der Waals surface area contributed by atoms with Gasteiger partial charge in [0, 0.05) is 18.1 Å². The van der Waals surface area contributed by atoms with Crippen LogP contribution in [0.3, 0.4) is 0 Å². The lowest BCUT2D eigenvalue weighted by Crippen LogP contribution is -2.22. The molecule has 0 radical (unpaired) electrons. The molecular weight excluding hydrogens is 286 g/mol. The molecule has 0 saturated carbocycles. The van der Waals surface area contributed by atoms with Crippen LogP contribution in [0.5, 0.6) is 0 Å². The largest absolute Gasteiger partial charge is 0.370 e. The van der Waals surface area contributed by atoms with Gasteiger partial charge in [-0.1, -0.05) is 42.5 Å². The van der Waals surface area contributed by atoms with Crippen LogP contribution in [0, 0.1) is 0 Å². The minimum absolute atomic E-state index is 0.411. The molecule has 5 nitrogen and oxygen atoms in total. The van der Waals surface area contributed by atoms with Crippen LogP contribution < -0.4 is 11.1 Å².